The van der Waals surface area contributed by atoms with Gasteiger partial charge in [-0.05, 0) is 51.8 Å². The molecule has 0 saturated heterocycles. The molecule has 2 rings (SSSR count). The lowest BCUT2D eigenvalue weighted by Gasteiger charge is -2.09. The number of benzene rings is 2. The summed E-state index contributed by atoms with van der Waals surface area (Å²) < 4.78 is 13.7. The van der Waals surface area contributed by atoms with E-state index in [4.69, 9.17) is 23.2 Å². The largest absolute Gasteiger partial charge is 0.380 e. The summed E-state index contributed by atoms with van der Waals surface area (Å²) in [5, 5.41) is 4.17. The van der Waals surface area contributed by atoms with E-state index in [1.54, 1.807) is 6.07 Å². The van der Waals surface area contributed by atoms with Crippen molar-refractivity contribution < 1.29 is 4.39 Å². The maximum atomic E-state index is 12.9. The third-order valence-electron chi connectivity index (χ3n) is 2.40. The van der Waals surface area contributed by atoms with Gasteiger partial charge in [0.05, 0.1) is 15.7 Å². The van der Waals surface area contributed by atoms with Crippen LogP contribution in [-0.4, -0.2) is 0 Å². The molecule has 2 aromatic carbocycles. The Labute approximate surface area is 123 Å². The van der Waals surface area contributed by atoms with Crippen molar-refractivity contribution >= 4 is 44.8 Å². The molecule has 0 aliphatic rings. The van der Waals surface area contributed by atoms with Crippen LogP contribution < -0.4 is 5.32 Å². The van der Waals surface area contributed by atoms with Crippen LogP contribution in [-0.2, 0) is 6.54 Å². The number of nitrogens with one attached hydrogen (secondary N) is 1. The fourth-order valence-corrected chi connectivity index (χ4v) is 2.26. The molecule has 1 nitrogen and oxygen atoms in total. The number of hydrogen-bond acceptors (Lipinski definition) is 1. The normalized spacial score (nSPS) is 10.4. The molecule has 0 saturated carbocycles. The number of anilines is 1. The van der Waals surface area contributed by atoms with Gasteiger partial charge in [0.25, 0.3) is 0 Å². The summed E-state index contributed by atoms with van der Waals surface area (Å²) in [4.78, 5) is 0. The molecular formula is C13H9BrCl2FN. The Bertz CT molecular complexity index is 575. The van der Waals surface area contributed by atoms with E-state index in [0.29, 0.717) is 22.3 Å². The van der Waals surface area contributed by atoms with Gasteiger partial charge in [0, 0.05) is 11.0 Å². The Morgan fingerprint density at radius 3 is 2.50 bits per heavy atom. The second-order valence-corrected chi connectivity index (χ2v) is 5.39. The molecule has 18 heavy (non-hydrogen) atoms. The molecule has 0 fully saturated rings. The molecule has 2 aromatic rings. The van der Waals surface area contributed by atoms with Crippen LogP contribution in [0.15, 0.2) is 40.9 Å². The Morgan fingerprint density at radius 2 is 1.83 bits per heavy atom. The first kappa shape index (κ1) is 13.7. The van der Waals surface area contributed by atoms with E-state index in [-0.39, 0.29) is 5.82 Å². The SMILES string of the molecule is Fc1ccc(NCc2ccc(Cl)c(Br)c2)c(Cl)c1. The van der Waals surface area contributed by atoms with Crippen LogP contribution in [0.2, 0.25) is 10.0 Å². The van der Waals surface area contributed by atoms with E-state index in [1.807, 2.05) is 18.2 Å². The van der Waals surface area contributed by atoms with Gasteiger partial charge in [-0.15, -0.1) is 0 Å². The molecule has 0 unspecified atom stereocenters. The van der Waals surface area contributed by atoms with Gasteiger partial charge in [0.2, 0.25) is 0 Å². The highest BCUT2D eigenvalue weighted by molar-refractivity contribution is 9.10. The molecule has 0 aliphatic heterocycles. The summed E-state index contributed by atoms with van der Waals surface area (Å²) in [6, 6.07) is 9.91. The molecule has 0 heterocycles. The molecular weight excluding hydrogens is 340 g/mol. The van der Waals surface area contributed by atoms with Gasteiger partial charge in [-0.1, -0.05) is 29.3 Å². The van der Waals surface area contributed by atoms with Crippen LogP contribution in [0.5, 0.6) is 0 Å². The number of rotatable bonds is 3. The minimum absolute atomic E-state index is 0.347. The number of hydrogen-bond donors (Lipinski definition) is 1. The third-order valence-corrected chi connectivity index (χ3v) is 3.92. The smallest absolute Gasteiger partial charge is 0.124 e. The number of halogens is 4. The molecule has 0 atom stereocenters. The van der Waals surface area contributed by atoms with Crippen LogP contribution in [0.1, 0.15) is 5.56 Å². The van der Waals surface area contributed by atoms with Crippen molar-refractivity contribution in [2.24, 2.45) is 0 Å². The zero-order chi connectivity index (χ0) is 13.1. The van der Waals surface area contributed by atoms with E-state index in [1.165, 1.54) is 12.1 Å². The van der Waals surface area contributed by atoms with Crippen LogP contribution in [0, 0.1) is 5.82 Å². The Morgan fingerprint density at radius 1 is 1.06 bits per heavy atom. The van der Waals surface area contributed by atoms with E-state index in [9.17, 15) is 4.39 Å². The molecule has 5 heteroatoms. The fourth-order valence-electron chi connectivity index (χ4n) is 1.48. The van der Waals surface area contributed by atoms with Gasteiger partial charge >= 0.3 is 0 Å². The molecule has 0 amide bonds. The van der Waals surface area contributed by atoms with E-state index in [0.717, 1.165) is 10.0 Å². The van der Waals surface area contributed by atoms with E-state index < -0.39 is 0 Å². The highest BCUT2D eigenvalue weighted by Crippen LogP contribution is 2.25. The van der Waals surface area contributed by atoms with Crippen LogP contribution >= 0.6 is 39.1 Å². The van der Waals surface area contributed by atoms with Crippen LogP contribution in [0.25, 0.3) is 0 Å². The average molecular weight is 349 g/mol. The van der Waals surface area contributed by atoms with Crippen molar-refractivity contribution in [1.82, 2.24) is 0 Å². The molecule has 0 spiro atoms. The second-order valence-electron chi connectivity index (χ2n) is 3.73. The lowest BCUT2D eigenvalue weighted by Crippen LogP contribution is -2.00. The van der Waals surface area contributed by atoms with Crippen molar-refractivity contribution in [2.45, 2.75) is 6.54 Å². The maximum Gasteiger partial charge on any atom is 0.124 e. The van der Waals surface area contributed by atoms with Gasteiger partial charge < -0.3 is 5.32 Å². The zero-order valence-corrected chi connectivity index (χ0v) is 12.3. The molecule has 0 aromatic heterocycles. The standard InChI is InChI=1S/C13H9BrCl2FN/c14-10-5-8(1-3-11(10)15)7-18-13-4-2-9(17)6-12(13)16/h1-6,18H,7H2. The zero-order valence-electron chi connectivity index (χ0n) is 9.18. The van der Waals surface area contributed by atoms with Crippen molar-refractivity contribution in [3.8, 4) is 0 Å². The van der Waals surface area contributed by atoms with Crippen molar-refractivity contribution in [3.05, 3.63) is 62.3 Å². The fraction of sp³-hybridized carbons (Fsp3) is 0.0769. The van der Waals surface area contributed by atoms with Gasteiger partial charge in [0.1, 0.15) is 5.82 Å². The minimum Gasteiger partial charge on any atom is -0.380 e. The summed E-state index contributed by atoms with van der Waals surface area (Å²) in [6.07, 6.45) is 0. The monoisotopic (exact) mass is 347 g/mol. The van der Waals surface area contributed by atoms with Crippen molar-refractivity contribution in [3.63, 3.8) is 0 Å². The van der Waals surface area contributed by atoms with Gasteiger partial charge in [-0.2, -0.15) is 0 Å². The molecule has 0 aliphatic carbocycles. The Balaban J connectivity index is 2.09. The topological polar surface area (TPSA) is 12.0 Å². The summed E-state index contributed by atoms with van der Waals surface area (Å²) in [5.74, 6) is -0.347. The summed E-state index contributed by atoms with van der Waals surface area (Å²) in [6.45, 7) is 0.584. The van der Waals surface area contributed by atoms with Gasteiger partial charge in [-0.25, -0.2) is 4.39 Å². The van der Waals surface area contributed by atoms with E-state index >= 15 is 0 Å². The second kappa shape index (κ2) is 5.91. The maximum absolute atomic E-state index is 12.9. The lowest BCUT2D eigenvalue weighted by atomic mass is 10.2. The molecule has 0 bridgehead atoms. The first-order chi connectivity index (χ1) is 8.56. The van der Waals surface area contributed by atoms with Crippen LogP contribution in [0.3, 0.4) is 0 Å². The lowest BCUT2D eigenvalue weighted by molar-refractivity contribution is 0.628. The minimum atomic E-state index is -0.347. The highest BCUT2D eigenvalue weighted by atomic mass is 79.9. The summed E-state index contributed by atoms with van der Waals surface area (Å²) in [5.41, 5.74) is 1.75. The van der Waals surface area contributed by atoms with Crippen molar-refractivity contribution in [2.75, 3.05) is 5.32 Å². The van der Waals surface area contributed by atoms with Gasteiger partial charge in [-0.3, -0.25) is 0 Å². The Kier molecular flexibility index (Phi) is 4.49. The first-order valence-corrected chi connectivity index (χ1v) is 6.74. The van der Waals surface area contributed by atoms with Crippen molar-refractivity contribution in [1.29, 1.82) is 0 Å². The first-order valence-electron chi connectivity index (χ1n) is 5.19. The molecule has 1 N–H and O–H groups in total. The highest BCUT2D eigenvalue weighted by Gasteiger charge is 2.03. The average Bonchev–Trinajstić information content (AvgIpc) is 2.32. The van der Waals surface area contributed by atoms with Crippen LogP contribution in [0.4, 0.5) is 10.1 Å². The Hall–Kier alpha value is -0.770. The molecule has 94 valence electrons. The predicted octanol–water partition coefficient (Wildman–Crippen LogP) is 5.51. The summed E-state index contributed by atoms with van der Waals surface area (Å²) in [7, 11) is 0. The third kappa shape index (κ3) is 3.37. The predicted molar refractivity (Wildman–Crippen MR) is 77.9 cm³/mol. The quantitative estimate of drug-likeness (QED) is 0.771. The molecule has 0 radical (unpaired) electrons. The summed E-state index contributed by atoms with van der Waals surface area (Å²) >= 11 is 15.2. The van der Waals surface area contributed by atoms with Gasteiger partial charge in [0.15, 0.2) is 0 Å². The van der Waals surface area contributed by atoms with E-state index in [2.05, 4.69) is 21.2 Å².